The van der Waals surface area contributed by atoms with Crippen molar-refractivity contribution in [3.05, 3.63) is 106 Å². The summed E-state index contributed by atoms with van der Waals surface area (Å²) >= 11 is 5.08. The number of rotatable bonds is 4. The number of methoxy groups -OCH3 is 1. The van der Waals surface area contributed by atoms with Crippen LogP contribution in [0, 0.1) is 0 Å². The van der Waals surface area contributed by atoms with Crippen LogP contribution in [0.4, 0.5) is 5.69 Å². The second-order valence-corrected chi connectivity index (χ2v) is 9.77. The summed E-state index contributed by atoms with van der Waals surface area (Å²) in [6.45, 7) is 0. The number of hydrogen-bond acceptors (Lipinski definition) is 5. The minimum absolute atomic E-state index is 0.494. The van der Waals surface area contributed by atoms with Gasteiger partial charge in [-0.2, -0.15) is 0 Å². The quantitative estimate of drug-likeness (QED) is 0.212. The van der Waals surface area contributed by atoms with Gasteiger partial charge in [0.2, 0.25) is 5.55 Å². The summed E-state index contributed by atoms with van der Waals surface area (Å²) in [6.07, 6.45) is 0. The van der Waals surface area contributed by atoms with Crippen LogP contribution in [0.15, 0.2) is 110 Å². The van der Waals surface area contributed by atoms with E-state index in [0.717, 1.165) is 48.0 Å². The largest absolute Gasteiger partial charge is 0.494 e. The predicted molar refractivity (Wildman–Crippen MR) is 146 cm³/mol. The first-order chi connectivity index (χ1) is 17.2. The summed E-state index contributed by atoms with van der Waals surface area (Å²) in [6, 6.07) is 30.3. The molecule has 0 N–H and O–H groups in total. The number of halogens is 1. The van der Waals surface area contributed by atoms with Gasteiger partial charge in [0.05, 0.1) is 18.4 Å². The first-order valence-electron chi connectivity index (χ1n) is 11.0. The number of thiazole rings is 1. The Morgan fingerprint density at radius 3 is 2.54 bits per heavy atom. The Morgan fingerprint density at radius 1 is 0.886 bits per heavy atom. The molecule has 6 rings (SSSR count). The van der Waals surface area contributed by atoms with Crippen molar-refractivity contribution in [2.45, 2.75) is 0 Å². The van der Waals surface area contributed by atoms with Crippen molar-refractivity contribution in [2.75, 3.05) is 7.11 Å². The summed E-state index contributed by atoms with van der Waals surface area (Å²) in [5.74, 6) is 0.682. The minimum Gasteiger partial charge on any atom is -0.494 e. The molecule has 0 atom stereocenters. The fourth-order valence-electron chi connectivity index (χ4n) is 4.10. The molecular formula is C29H19BrN2O2S. The molecule has 4 aromatic carbocycles. The predicted octanol–water partition coefficient (Wildman–Crippen LogP) is 8.38. The number of para-hydroxylation sites is 2. The second kappa shape index (κ2) is 9.13. The number of fused-ring (bicyclic) bond motifs is 3. The number of benzene rings is 4. The van der Waals surface area contributed by atoms with Gasteiger partial charge in [0.25, 0.3) is 0 Å². The Hall–Kier alpha value is -3.74. The van der Waals surface area contributed by atoms with Crippen LogP contribution in [0.5, 0.6) is 5.75 Å². The smallest absolute Gasteiger partial charge is 0.230 e. The van der Waals surface area contributed by atoms with Crippen LogP contribution in [0.1, 0.15) is 0 Å². The van der Waals surface area contributed by atoms with Gasteiger partial charge >= 0.3 is 0 Å². The van der Waals surface area contributed by atoms with Crippen LogP contribution in [0.25, 0.3) is 43.6 Å². The van der Waals surface area contributed by atoms with E-state index in [2.05, 4.69) is 57.7 Å². The van der Waals surface area contributed by atoms with Gasteiger partial charge in [-0.1, -0.05) is 70.5 Å². The summed E-state index contributed by atoms with van der Waals surface area (Å²) in [4.78, 5) is 9.84. The standard InChI is InChI=1S/C29H19BrN2O2S/c1-33-27-9-5-4-8-24(27)31-28-23(29-32-25(17-35-29)19-10-13-20(30)14-11-19)16-22-21-7-3-2-6-18(21)12-15-26(22)34-28/h2-17H,1H3. The van der Waals surface area contributed by atoms with E-state index in [4.69, 9.17) is 19.1 Å². The molecule has 0 radical (unpaired) electrons. The molecular weight excluding hydrogens is 520 g/mol. The lowest BCUT2D eigenvalue weighted by atomic mass is 10.0. The maximum Gasteiger partial charge on any atom is 0.230 e. The van der Waals surface area contributed by atoms with Gasteiger partial charge in [-0.15, -0.1) is 11.3 Å². The zero-order valence-corrected chi connectivity index (χ0v) is 21.1. The average molecular weight is 539 g/mol. The van der Waals surface area contributed by atoms with Gasteiger partial charge in [-0.05, 0) is 47.2 Å². The first-order valence-corrected chi connectivity index (χ1v) is 12.7. The van der Waals surface area contributed by atoms with Gasteiger partial charge in [0.1, 0.15) is 22.0 Å². The van der Waals surface area contributed by atoms with Crippen LogP contribution in [0.3, 0.4) is 0 Å². The molecule has 0 saturated carbocycles. The molecule has 170 valence electrons. The van der Waals surface area contributed by atoms with Crippen LogP contribution < -0.4 is 10.3 Å². The molecule has 2 heterocycles. The van der Waals surface area contributed by atoms with Gasteiger partial charge in [-0.3, -0.25) is 0 Å². The zero-order valence-electron chi connectivity index (χ0n) is 18.7. The number of ether oxygens (including phenoxy) is 1. The summed E-state index contributed by atoms with van der Waals surface area (Å²) in [5, 5.41) is 6.22. The molecule has 0 unspecified atom stereocenters. The number of hydrogen-bond donors (Lipinski definition) is 0. The van der Waals surface area contributed by atoms with Crippen LogP contribution in [-0.2, 0) is 0 Å². The van der Waals surface area contributed by atoms with E-state index < -0.39 is 0 Å². The van der Waals surface area contributed by atoms with Gasteiger partial charge in [0.15, 0.2) is 0 Å². The number of aromatic nitrogens is 1. The molecule has 2 aromatic heterocycles. The summed E-state index contributed by atoms with van der Waals surface area (Å²) in [7, 11) is 1.64. The van der Waals surface area contributed by atoms with E-state index >= 15 is 0 Å². The molecule has 35 heavy (non-hydrogen) atoms. The SMILES string of the molecule is COc1ccccc1N=c1oc2ccc3ccccc3c2cc1-c1nc(-c2ccc(Br)cc2)cs1. The van der Waals surface area contributed by atoms with E-state index in [1.54, 1.807) is 18.4 Å². The van der Waals surface area contributed by atoms with E-state index in [1.807, 2.05) is 54.6 Å². The Kier molecular flexibility index (Phi) is 5.68. The lowest BCUT2D eigenvalue weighted by Gasteiger charge is -2.07. The zero-order chi connectivity index (χ0) is 23.8. The van der Waals surface area contributed by atoms with Crippen molar-refractivity contribution >= 4 is 54.7 Å². The highest BCUT2D eigenvalue weighted by atomic mass is 79.9. The minimum atomic E-state index is 0.494. The lowest BCUT2D eigenvalue weighted by Crippen LogP contribution is -2.05. The summed E-state index contributed by atoms with van der Waals surface area (Å²) < 4.78 is 13.0. The normalized spacial score (nSPS) is 11.9. The molecule has 0 aliphatic heterocycles. The molecule has 6 aromatic rings. The van der Waals surface area contributed by atoms with Crippen LogP contribution >= 0.6 is 27.3 Å². The number of nitrogens with zero attached hydrogens (tertiary/aromatic N) is 2. The van der Waals surface area contributed by atoms with E-state index in [-0.39, 0.29) is 0 Å². The Labute approximate surface area is 214 Å². The monoisotopic (exact) mass is 538 g/mol. The van der Waals surface area contributed by atoms with Crippen molar-refractivity contribution in [2.24, 2.45) is 4.99 Å². The van der Waals surface area contributed by atoms with Crippen LogP contribution in [-0.4, -0.2) is 12.1 Å². The molecule has 0 aliphatic rings. The van der Waals surface area contributed by atoms with Crippen molar-refractivity contribution in [3.8, 4) is 27.6 Å². The molecule has 4 nitrogen and oxygen atoms in total. The molecule has 6 heteroatoms. The van der Waals surface area contributed by atoms with Crippen molar-refractivity contribution in [1.29, 1.82) is 0 Å². The maximum atomic E-state index is 6.43. The van der Waals surface area contributed by atoms with Crippen molar-refractivity contribution < 1.29 is 9.15 Å². The van der Waals surface area contributed by atoms with E-state index in [1.165, 1.54) is 0 Å². The first kappa shape index (κ1) is 21.8. The third-order valence-corrected chi connectivity index (χ3v) is 7.24. The second-order valence-electron chi connectivity index (χ2n) is 7.99. The summed E-state index contributed by atoms with van der Waals surface area (Å²) in [5.41, 5.74) is 4.78. The molecule has 0 fully saturated rings. The van der Waals surface area contributed by atoms with Gasteiger partial charge in [0, 0.05) is 20.8 Å². The molecule has 0 aliphatic carbocycles. The lowest BCUT2D eigenvalue weighted by molar-refractivity contribution is 0.415. The third kappa shape index (κ3) is 4.16. The molecule has 0 bridgehead atoms. The highest BCUT2D eigenvalue weighted by molar-refractivity contribution is 9.10. The maximum absolute atomic E-state index is 6.43. The van der Waals surface area contributed by atoms with Gasteiger partial charge in [-0.25, -0.2) is 9.98 Å². The molecule has 0 saturated heterocycles. The van der Waals surface area contributed by atoms with Gasteiger partial charge < -0.3 is 9.15 Å². The van der Waals surface area contributed by atoms with Crippen molar-refractivity contribution in [3.63, 3.8) is 0 Å². The highest BCUT2D eigenvalue weighted by Gasteiger charge is 2.14. The fraction of sp³-hybridized carbons (Fsp3) is 0.0345. The Morgan fingerprint density at radius 2 is 1.69 bits per heavy atom. The topological polar surface area (TPSA) is 47.6 Å². The highest BCUT2D eigenvalue weighted by Crippen LogP contribution is 2.33. The van der Waals surface area contributed by atoms with Crippen molar-refractivity contribution in [1.82, 2.24) is 4.98 Å². The Bertz CT molecular complexity index is 1750. The third-order valence-electron chi connectivity index (χ3n) is 5.84. The van der Waals surface area contributed by atoms with E-state index in [9.17, 15) is 0 Å². The molecule has 0 spiro atoms. The fourth-order valence-corrected chi connectivity index (χ4v) is 5.20. The Balaban J connectivity index is 1.61. The van der Waals surface area contributed by atoms with E-state index in [0.29, 0.717) is 17.0 Å². The molecule has 0 amide bonds. The van der Waals surface area contributed by atoms with Crippen LogP contribution in [0.2, 0.25) is 0 Å². The average Bonchev–Trinajstić information content (AvgIpc) is 3.39.